The van der Waals surface area contributed by atoms with Crippen molar-refractivity contribution in [3.05, 3.63) is 144 Å². The SMILES string of the molecule is COc1c(-c2ccc3c(ccn3C)c2)nc(OCc2ccccc2)c(C(=O)OCc2ccccc2)c1OCc1ccccc1. The van der Waals surface area contributed by atoms with Crippen molar-refractivity contribution in [2.75, 3.05) is 7.11 Å². The summed E-state index contributed by atoms with van der Waals surface area (Å²) < 4.78 is 26.5. The summed E-state index contributed by atoms with van der Waals surface area (Å²) >= 11 is 0. The molecule has 0 amide bonds. The molecule has 2 heterocycles. The fraction of sp³-hybridized carbons (Fsp3) is 0.135. The zero-order valence-electron chi connectivity index (χ0n) is 24.6. The van der Waals surface area contributed by atoms with Crippen molar-refractivity contribution in [1.29, 1.82) is 0 Å². The van der Waals surface area contributed by atoms with Gasteiger partial charge < -0.3 is 23.5 Å². The van der Waals surface area contributed by atoms with Crippen LogP contribution in [0.4, 0.5) is 0 Å². The molecule has 220 valence electrons. The molecule has 6 rings (SSSR count). The molecular weight excluding hydrogens is 552 g/mol. The van der Waals surface area contributed by atoms with Crippen molar-refractivity contribution < 1.29 is 23.7 Å². The Hall–Kier alpha value is -5.56. The number of benzene rings is 4. The van der Waals surface area contributed by atoms with Crippen LogP contribution in [0.3, 0.4) is 0 Å². The Balaban J connectivity index is 1.48. The van der Waals surface area contributed by atoms with Gasteiger partial charge in [-0.2, -0.15) is 0 Å². The number of nitrogens with zero attached hydrogens (tertiary/aromatic N) is 2. The monoisotopic (exact) mass is 584 g/mol. The average Bonchev–Trinajstić information content (AvgIpc) is 3.45. The highest BCUT2D eigenvalue weighted by molar-refractivity contribution is 5.98. The summed E-state index contributed by atoms with van der Waals surface area (Å²) in [6, 6.07) is 37.0. The minimum atomic E-state index is -0.629. The van der Waals surface area contributed by atoms with Gasteiger partial charge in [-0.3, -0.25) is 0 Å². The molecule has 7 heteroatoms. The molecule has 0 unspecified atom stereocenters. The summed E-state index contributed by atoms with van der Waals surface area (Å²) in [5.41, 5.74) is 5.13. The molecule has 0 saturated carbocycles. The lowest BCUT2D eigenvalue weighted by atomic mass is 10.1. The standard InChI is InChI=1S/C37H32N2O5/c1-39-21-20-29-22-30(18-19-31(29)39)33-35(41-2)34(42-23-26-12-6-3-7-13-26)32(37(40)44-25-28-16-10-5-11-17-28)36(38-33)43-24-27-14-8-4-9-15-27/h3-22H,23-25H2,1-2H3. The highest BCUT2D eigenvalue weighted by Gasteiger charge is 2.30. The Labute approximate surface area is 256 Å². The van der Waals surface area contributed by atoms with E-state index in [-0.39, 0.29) is 37.0 Å². The number of aryl methyl sites for hydroxylation is 1. The average molecular weight is 585 g/mol. The normalized spacial score (nSPS) is 10.9. The van der Waals surface area contributed by atoms with E-state index in [1.54, 1.807) is 7.11 Å². The number of rotatable bonds is 11. The molecule has 4 aromatic carbocycles. The highest BCUT2D eigenvalue weighted by Crippen LogP contribution is 2.45. The summed E-state index contributed by atoms with van der Waals surface area (Å²) in [5, 5.41) is 1.04. The van der Waals surface area contributed by atoms with Gasteiger partial charge in [0.05, 0.1) is 7.11 Å². The third-order valence-electron chi connectivity index (χ3n) is 7.30. The number of carbonyl (C=O) groups excluding carboxylic acids is 1. The van der Waals surface area contributed by atoms with Gasteiger partial charge in [-0.25, -0.2) is 9.78 Å². The molecule has 0 bridgehead atoms. The van der Waals surface area contributed by atoms with Crippen molar-refractivity contribution in [3.8, 4) is 28.6 Å². The van der Waals surface area contributed by atoms with Crippen molar-refractivity contribution in [2.24, 2.45) is 7.05 Å². The molecule has 6 aromatic rings. The van der Waals surface area contributed by atoms with E-state index in [9.17, 15) is 4.79 Å². The van der Waals surface area contributed by atoms with Crippen molar-refractivity contribution in [3.63, 3.8) is 0 Å². The zero-order valence-corrected chi connectivity index (χ0v) is 24.6. The molecule has 44 heavy (non-hydrogen) atoms. The zero-order chi connectivity index (χ0) is 30.3. The summed E-state index contributed by atoms with van der Waals surface area (Å²) in [6.07, 6.45) is 2.01. The predicted molar refractivity (Wildman–Crippen MR) is 170 cm³/mol. The fourth-order valence-electron chi connectivity index (χ4n) is 5.01. The van der Waals surface area contributed by atoms with E-state index < -0.39 is 5.97 Å². The second-order valence-corrected chi connectivity index (χ2v) is 10.3. The molecule has 0 aliphatic carbocycles. The quantitative estimate of drug-likeness (QED) is 0.145. The van der Waals surface area contributed by atoms with E-state index in [0.29, 0.717) is 11.4 Å². The van der Waals surface area contributed by atoms with Crippen molar-refractivity contribution >= 4 is 16.9 Å². The first-order valence-corrected chi connectivity index (χ1v) is 14.3. The summed E-state index contributed by atoms with van der Waals surface area (Å²) in [7, 11) is 3.54. The highest BCUT2D eigenvalue weighted by atomic mass is 16.5. The molecule has 0 aliphatic rings. The van der Waals surface area contributed by atoms with E-state index in [4.69, 9.17) is 23.9 Å². The van der Waals surface area contributed by atoms with Gasteiger partial charge in [0, 0.05) is 29.7 Å². The van der Waals surface area contributed by atoms with Gasteiger partial charge in [0.15, 0.2) is 17.1 Å². The van der Waals surface area contributed by atoms with Gasteiger partial charge in [-0.15, -0.1) is 0 Å². The van der Waals surface area contributed by atoms with Crippen LogP contribution in [0, 0.1) is 0 Å². The van der Waals surface area contributed by atoms with Gasteiger partial charge in [0.2, 0.25) is 5.88 Å². The maximum Gasteiger partial charge on any atom is 0.348 e. The third kappa shape index (κ3) is 6.27. The Morgan fingerprint density at radius 3 is 1.91 bits per heavy atom. The van der Waals surface area contributed by atoms with Crippen LogP contribution in [0.5, 0.6) is 17.4 Å². The maximum atomic E-state index is 13.9. The van der Waals surface area contributed by atoms with E-state index in [1.807, 2.05) is 129 Å². The van der Waals surface area contributed by atoms with E-state index >= 15 is 0 Å². The van der Waals surface area contributed by atoms with Crippen LogP contribution in [0.1, 0.15) is 27.0 Å². The Morgan fingerprint density at radius 1 is 0.705 bits per heavy atom. The third-order valence-corrected chi connectivity index (χ3v) is 7.30. The first kappa shape index (κ1) is 28.6. The summed E-state index contributed by atoms with van der Waals surface area (Å²) in [4.78, 5) is 18.8. The second-order valence-electron chi connectivity index (χ2n) is 10.3. The second kappa shape index (κ2) is 13.2. The molecule has 2 aromatic heterocycles. The number of hydrogen-bond acceptors (Lipinski definition) is 6. The van der Waals surface area contributed by atoms with Crippen molar-refractivity contribution in [1.82, 2.24) is 9.55 Å². The van der Waals surface area contributed by atoms with Gasteiger partial charge >= 0.3 is 5.97 Å². The minimum Gasteiger partial charge on any atom is -0.491 e. The molecule has 0 saturated heterocycles. The van der Waals surface area contributed by atoms with Crippen LogP contribution in [0.15, 0.2) is 121 Å². The molecular formula is C37H32N2O5. The van der Waals surface area contributed by atoms with Crippen LogP contribution in [-0.4, -0.2) is 22.6 Å². The van der Waals surface area contributed by atoms with Gasteiger partial charge in [0.1, 0.15) is 25.5 Å². The smallest absolute Gasteiger partial charge is 0.348 e. The van der Waals surface area contributed by atoms with Crippen LogP contribution in [-0.2, 0) is 31.6 Å². The number of fused-ring (bicyclic) bond motifs is 1. The molecule has 0 atom stereocenters. The van der Waals surface area contributed by atoms with Gasteiger partial charge in [-0.1, -0.05) is 97.1 Å². The van der Waals surface area contributed by atoms with Crippen LogP contribution >= 0.6 is 0 Å². The number of carbonyl (C=O) groups is 1. The minimum absolute atomic E-state index is 0.0641. The van der Waals surface area contributed by atoms with E-state index in [2.05, 4.69) is 4.57 Å². The molecule has 0 fully saturated rings. The van der Waals surface area contributed by atoms with Crippen LogP contribution in [0.2, 0.25) is 0 Å². The maximum absolute atomic E-state index is 13.9. The number of esters is 1. The van der Waals surface area contributed by atoms with Crippen molar-refractivity contribution in [2.45, 2.75) is 19.8 Å². The Morgan fingerprint density at radius 2 is 1.30 bits per heavy atom. The topological polar surface area (TPSA) is 71.8 Å². The Kier molecular flexibility index (Phi) is 8.55. The lowest BCUT2D eigenvalue weighted by Gasteiger charge is -2.20. The lowest BCUT2D eigenvalue weighted by molar-refractivity contribution is 0.0460. The molecule has 0 N–H and O–H groups in total. The largest absolute Gasteiger partial charge is 0.491 e. The number of ether oxygens (including phenoxy) is 4. The van der Waals surface area contributed by atoms with E-state index in [0.717, 1.165) is 33.2 Å². The Bertz CT molecular complexity index is 1870. The summed E-state index contributed by atoms with van der Waals surface area (Å²) in [5.74, 6) is -0.0136. The first-order chi connectivity index (χ1) is 21.6. The molecule has 7 nitrogen and oxygen atoms in total. The number of pyridine rings is 1. The lowest BCUT2D eigenvalue weighted by Crippen LogP contribution is -2.14. The van der Waals surface area contributed by atoms with Crippen LogP contribution in [0.25, 0.3) is 22.2 Å². The number of methoxy groups -OCH3 is 1. The van der Waals surface area contributed by atoms with Gasteiger partial charge in [-0.05, 0) is 34.9 Å². The molecule has 0 aliphatic heterocycles. The molecule has 0 spiro atoms. The number of hydrogen-bond donors (Lipinski definition) is 0. The molecule has 0 radical (unpaired) electrons. The van der Waals surface area contributed by atoms with Gasteiger partial charge in [0.25, 0.3) is 0 Å². The predicted octanol–water partition coefficient (Wildman–Crippen LogP) is 7.76. The summed E-state index contributed by atoms with van der Waals surface area (Å²) in [6.45, 7) is 0.453. The van der Waals surface area contributed by atoms with Crippen LogP contribution < -0.4 is 14.2 Å². The number of aromatic nitrogens is 2. The van der Waals surface area contributed by atoms with E-state index in [1.165, 1.54) is 0 Å². The first-order valence-electron chi connectivity index (χ1n) is 14.3. The fourth-order valence-corrected chi connectivity index (χ4v) is 5.01.